The minimum Gasteiger partial charge on any atom is -0.368 e. The quantitative estimate of drug-likeness (QED) is 0.877. The maximum atomic E-state index is 11.7. The summed E-state index contributed by atoms with van der Waals surface area (Å²) in [5.74, 6) is -0.207. The first kappa shape index (κ1) is 13.5. The number of rotatable bonds is 4. The van der Waals surface area contributed by atoms with Crippen molar-refractivity contribution in [2.45, 2.75) is 58.0 Å². The summed E-state index contributed by atoms with van der Waals surface area (Å²) in [5.41, 5.74) is 6.15. The summed E-state index contributed by atoms with van der Waals surface area (Å²) in [5, 5.41) is 4.47. The summed E-state index contributed by atoms with van der Waals surface area (Å²) in [6.07, 6.45) is 5.08. The number of amides is 1. The number of aromatic nitrogens is 1. The molecule has 18 heavy (non-hydrogen) atoms. The Morgan fingerprint density at radius 3 is 2.56 bits per heavy atom. The number of carbonyl (C=O) groups is 1. The van der Waals surface area contributed by atoms with Crippen LogP contribution >= 0.6 is 11.3 Å². The van der Waals surface area contributed by atoms with E-state index in [-0.39, 0.29) is 5.91 Å². The van der Waals surface area contributed by atoms with Crippen molar-refractivity contribution in [3.8, 4) is 0 Å². The number of thiazole rings is 1. The molecule has 100 valence electrons. The average molecular weight is 267 g/mol. The summed E-state index contributed by atoms with van der Waals surface area (Å²) in [6, 6.07) is 0. The fourth-order valence-corrected chi connectivity index (χ4v) is 3.53. The highest BCUT2D eigenvalue weighted by atomic mass is 32.1. The predicted molar refractivity (Wildman–Crippen MR) is 73.4 cm³/mol. The number of hydrogen-bond donors (Lipinski definition) is 2. The van der Waals surface area contributed by atoms with E-state index in [0.717, 1.165) is 36.4 Å². The van der Waals surface area contributed by atoms with Gasteiger partial charge in [-0.2, -0.15) is 0 Å². The van der Waals surface area contributed by atoms with Gasteiger partial charge in [-0.15, -0.1) is 11.3 Å². The standard InChI is InChI=1S/C13H21N3OS/c1-9-11(18-10(2)16-9)8-15-13(12(14)17)6-4-3-5-7-13/h15H,3-8H2,1-2H3,(H2,14,17). The zero-order valence-corrected chi connectivity index (χ0v) is 11.9. The normalized spacial score (nSPS) is 18.8. The maximum Gasteiger partial charge on any atom is 0.237 e. The summed E-state index contributed by atoms with van der Waals surface area (Å²) in [6.45, 7) is 4.71. The van der Waals surface area contributed by atoms with Gasteiger partial charge >= 0.3 is 0 Å². The summed E-state index contributed by atoms with van der Waals surface area (Å²) >= 11 is 1.69. The first-order chi connectivity index (χ1) is 8.53. The van der Waals surface area contributed by atoms with Gasteiger partial charge in [0.25, 0.3) is 0 Å². The molecule has 1 heterocycles. The van der Waals surface area contributed by atoms with Crippen molar-refractivity contribution in [3.05, 3.63) is 15.6 Å². The molecule has 0 spiro atoms. The highest BCUT2D eigenvalue weighted by Gasteiger charge is 2.37. The van der Waals surface area contributed by atoms with Crippen molar-refractivity contribution in [1.82, 2.24) is 10.3 Å². The molecule has 5 heteroatoms. The molecule has 1 aromatic rings. The Hall–Kier alpha value is -0.940. The Morgan fingerprint density at radius 2 is 2.06 bits per heavy atom. The second-order valence-corrected chi connectivity index (χ2v) is 6.39. The molecule has 0 atom stereocenters. The zero-order valence-electron chi connectivity index (χ0n) is 11.1. The molecule has 1 aliphatic rings. The van der Waals surface area contributed by atoms with E-state index >= 15 is 0 Å². The number of nitrogens with two attached hydrogens (primary N) is 1. The molecule has 2 rings (SSSR count). The van der Waals surface area contributed by atoms with E-state index in [1.54, 1.807) is 11.3 Å². The van der Waals surface area contributed by atoms with Gasteiger partial charge in [0.1, 0.15) is 0 Å². The van der Waals surface area contributed by atoms with Crippen LogP contribution in [0.4, 0.5) is 0 Å². The smallest absolute Gasteiger partial charge is 0.237 e. The largest absolute Gasteiger partial charge is 0.368 e. The minimum absolute atomic E-state index is 0.207. The van der Waals surface area contributed by atoms with E-state index in [9.17, 15) is 4.79 Å². The first-order valence-electron chi connectivity index (χ1n) is 6.51. The third kappa shape index (κ3) is 2.72. The Labute approximate surface area is 112 Å². The number of nitrogens with one attached hydrogen (secondary N) is 1. The molecule has 1 aromatic heterocycles. The van der Waals surface area contributed by atoms with Crippen LogP contribution < -0.4 is 11.1 Å². The number of primary amides is 1. The van der Waals surface area contributed by atoms with Crippen LogP contribution in [0.2, 0.25) is 0 Å². The number of carbonyl (C=O) groups excluding carboxylic acids is 1. The Kier molecular flexibility index (Phi) is 4.02. The van der Waals surface area contributed by atoms with Gasteiger partial charge in [0.15, 0.2) is 0 Å². The molecule has 0 radical (unpaired) electrons. The van der Waals surface area contributed by atoms with Crippen molar-refractivity contribution >= 4 is 17.2 Å². The van der Waals surface area contributed by atoms with E-state index in [1.165, 1.54) is 11.3 Å². The second kappa shape index (κ2) is 5.36. The van der Waals surface area contributed by atoms with Crippen molar-refractivity contribution < 1.29 is 4.79 Å². The van der Waals surface area contributed by atoms with Gasteiger partial charge in [-0.25, -0.2) is 4.98 Å². The van der Waals surface area contributed by atoms with Gasteiger partial charge in [-0.1, -0.05) is 19.3 Å². The minimum atomic E-state index is -0.497. The van der Waals surface area contributed by atoms with E-state index in [2.05, 4.69) is 10.3 Å². The highest BCUT2D eigenvalue weighted by molar-refractivity contribution is 7.11. The van der Waals surface area contributed by atoms with Gasteiger partial charge in [-0.05, 0) is 26.7 Å². The van der Waals surface area contributed by atoms with E-state index < -0.39 is 5.54 Å². The average Bonchev–Trinajstić information content (AvgIpc) is 2.66. The van der Waals surface area contributed by atoms with E-state index in [1.807, 2.05) is 13.8 Å². The molecular formula is C13H21N3OS. The second-order valence-electron chi connectivity index (χ2n) is 5.10. The number of nitrogens with zero attached hydrogens (tertiary/aromatic N) is 1. The third-order valence-corrected chi connectivity index (χ3v) is 4.84. The molecular weight excluding hydrogens is 246 g/mol. The van der Waals surface area contributed by atoms with Crippen molar-refractivity contribution in [3.63, 3.8) is 0 Å². The maximum absolute atomic E-state index is 11.7. The fraction of sp³-hybridized carbons (Fsp3) is 0.692. The lowest BCUT2D eigenvalue weighted by Gasteiger charge is -2.35. The van der Waals surface area contributed by atoms with E-state index in [4.69, 9.17) is 5.73 Å². The SMILES string of the molecule is Cc1nc(C)c(CNC2(C(N)=O)CCCCC2)s1. The van der Waals surface area contributed by atoms with Gasteiger partial charge in [-0.3, -0.25) is 10.1 Å². The number of hydrogen-bond acceptors (Lipinski definition) is 4. The van der Waals surface area contributed by atoms with Crippen molar-refractivity contribution in [2.75, 3.05) is 0 Å². The van der Waals surface area contributed by atoms with Crippen LogP contribution in [0.5, 0.6) is 0 Å². The Bertz CT molecular complexity index is 435. The predicted octanol–water partition coefficient (Wildman–Crippen LogP) is 2.04. The van der Waals surface area contributed by atoms with Crippen molar-refractivity contribution in [2.24, 2.45) is 5.73 Å². The van der Waals surface area contributed by atoms with Crippen LogP contribution in [0.25, 0.3) is 0 Å². The molecule has 1 amide bonds. The lowest BCUT2D eigenvalue weighted by Crippen LogP contribution is -2.56. The molecule has 1 fully saturated rings. The first-order valence-corrected chi connectivity index (χ1v) is 7.33. The van der Waals surface area contributed by atoms with Crippen LogP contribution in [-0.2, 0) is 11.3 Å². The van der Waals surface area contributed by atoms with Crippen LogP contribution in [0.1, 0.15) is 47.7 Å². The van der Waals surface area contributed by atoms with Gasteiger partial charge in [0.2, 0.25) is 5.91 Å². The Morgan fingerprint density at radius 1 is 1.39 bits per heavy atom. The summed E-state index contributed by atoms with van der Waals surface area (Å²) < 4.78 is 0. The summed E-state index contributed by atoms with van der Waals surface area (Å²) in [7, 11) is 0. The fourth-order valence-electron chi connectivity index (χ4n) is 2.65. The lowest BCUT2D eigenvalue weighted by molar-refractivity contribution is -0.125. The molecule has 1 saturated carbocycles. The molecule has 0 saturated heterocycles. The zero-order chi connectivity index (χ0) is 13.2. The molecule has 0 aromatic carbocycles. The molecule has 0 bridgehead atoms. The summed E-state index contributed by atoms with van der Waals surface area (Å²) in [4.78, 5) is 17.3. The molecule has 4 nitrogen and oxygen atoms in total. The monoisotopic (exact) mass is 267 g/mol. The highest BCUT2D eigenvalue weighted by Crippen LogP contribution is 2.29. The number of aryl methyl sites for hydroxylation is 2. The third-order valence-electron chi connectivity index (χ3n) is 3.77. The van der Waals surface area contributed by atoms with E-state index in [0.29, 0.717) is 6.54 Å². The Balaban J connectivity index is 2.06. The molecule has 0 unspecified atom stereocenters. The molecule has 1 aliphatic carbocycles. The van der Waals surface area contributed by atoms with Crippen molar-refractivity contribution in [1.29, 1.82) is 0 Å². The van der Waals surface area contributed by atoms with Gasteiger partial charge in [0.05, 0.1) is 16.2 Å². The topological polar surface area (TPSA) is 68.0 Å². The van der Waals surface area contributed by atoms with Crippen LogP contribution in [0, 0.1) is 13.8 Å². The van der Waals surface area contributed by atoms with Gasteiger partial charge < -0.3 is 5.73 Å². The van der Waals surface area contributed by atoms with Crippen LogP contribution in [-0.4, -0.2) is 16.4 Å². The van der Waals surface area contributed by atoms with Crippen LogP contribution in [0.15, 0.2) is 0 Å². The molecule has 3 N–H and O–H groups in total. The lowest BCUT2D eigenvalue weighted by atomic mass is 9.81. The van der Waals surface area contributed by atoms with Gasteiger partial charge in [0, 0.05) is 11.4 Å². The molecule has 0 aliphatic heterocycles. The van der Waals surface area contributed by atoms with Crippen LogP contribution in [0.3, 0.4) is 0 Å².